The van der Waals surface area contributed by atoms with Gasteiger partial charge in [0.05, 0.1) is 11.4 Å². The van der Waals surface area contributed by atoms with Crippen LogP contribution < -0.4 is 15.1 Å². The van der Waals surface area contributed by atoms with E-state index in [9.17, 15) is 9.59 Å². The number of anilines is 2. The number of nitrogens with one attached hydrogen (secondary N) is 1. The molecule has 0 aliphatic carbocycles. The number of hydrogen-bond acceptors (Lipinski definition) is 5. The van der Waals surface area contributed by atoms with Crippen molar-refractivity contribution in [3.8, 4) is 0 Å². The van der Waals surface area contributed by atoms with Gasteiger partial charge in [0.2, 0.25) is 5.91 Å². The van der Waals surface area contributed by atoms with Gasteiger partial charge >= 0.3 is 0 Å². The van der Waals surface area contributed by atoms with Crippen molar-refractivity contribution < 1.29 is 9.59 Å². The topological polar surface area (TPSA) is 65.0 Å². The summed E-state index contributed by atoms with van der Waals surface area (Å²) in [6.45, 7) is 6.04. The van der Waals surface area contributed by atoms with E-state index in [0.717, 1.165) is 23.2 Å². The predicted octanol–water partition coefficient (Wildman–Crippen LogP) is 4.06. The molecule has 0 unspecified atom stereocenters. The molecular weight excluding hydrogens is 452 g/mol. The summed E-state index contributed by atoms with van der Waals surface area (Å²) in [6.07, 6.45) is 1.37. The minimum Gasteiger partial charge on any atom is -0.372 e. The highest BCUT2D eigenvalue weighted by molar-refractivity contribution is 9.10. The Kier molecular flexibility index (Phi) is 6.76. The number of aliphatic imine (C=N–C) groups is 1. The highest BCUT2D eigenvalue weighted by Gasteiger charge is 2.38. The van der Waals surface area contributed by atoms with Crippen LogP contribution in [0.1, 0.15) is 13.8 Å². The van der Waals surface area contributed by atoms with Crippen LogP contribution in [0.2, 0.25) is 0 Å². The van der Waals surface area contributed by atoms with Crippen molar-refractivity contribution in [2.45, 2.75) is 13.8 Å². The van der Waals surface area contributed by atoms with Crippen LogP contribution in [-0.2, 0) is 9.59 Å². The summed E-state index contributed by atoms with van der Waals surface area (Å²) in [6, 6.07) is 14.8. The smallest absolute Gasteiger partial charge is 0.251 e. The van der Waals surface area contributed by atoms with Crippen LogP contribution in [0, 0.1) is 5.92 Å². The average molecular weight is 473 g/mol. The standard InChI is InChI=1S/C21H21BrN4O2S/c1-3-25(4-2)16-11-7-15(8-12-16)23-13-18-19(27)24-21(29)26(20(18)28)17-9-5-14(22)6-10-17/h5-13,18H,3-4H2,1-2H3,(H,24,27,29)/t18-/m1/s1. The summed E-state index contributed by atoms with van der Waals surface area (Å²) < 4.78 is 0.881. The lowest BCUT2D eigenvalue weighted by molar-refractivity contribution is -0.130. The number of amides is 2. The van der Waals surface area contributed by atoms with Crippen molar-refractivity contribution >= 4 is 68.4 Å². The third kappa shape index (κ3) is 4.71. The first kappa shape index (κ1) is 21.1. The Hall–Kier alpha value is -2.58. The molecule has 1 aliphatic rings. The number of thiocarbonyl (C=S) groups is 1. The second-order valence-electron chi connectivity index (χ2n) is 6.39. The number of benzene rings is 2. The van der Waals surface area contributed by atoms with Crippen molar-refractivity contribution in [1.82, 2.24) is 5.32 Å². The Bertz CT molecular complexity index is 940. The summed E-state index contributed by atoms with van der Waals surface area (Å²) in [4.78, 5) is 33.2. The molecule has 0 spiro atoms. The Balaban J connectivity index is 1.80. The molecule has 0 saturated carbocycles. The third-order valence-electron chi connectivity index (χ3n) is 4.64. The Morgan fingerprint density at radius 2 is 1.72 bits per heavy atom. The predicted molar refractivity (Wildman–Crippen MR) is 124 cm³/mol. The van der Waals surface area contributed by atoms with Crippen LogP contribution in [-0.4, -0.2) is 36.2 Å². The van der Waals surface area contributed by atoms with Crippen molar-refractivity contribution in [2.75, 3.05) is 22.9 Å². The Morgan fingerprint density at radius 3 is 2.31 bits per heavy atom. The lowest BCUT2D eigenvalue weighted by Crippen LogP contribution is -2.58. The quantitative estimate of drug-likeness (QED) is 0.391. The minimum absolute atomic E-state index is 0.0653. The van der Waals surface area contributed by atoms with Gasteiger partial charge in [0.1, 0.15) is 0 Å². The molecule has 0 radical (unpaired) electrons. The van der Waals surface area contributed by atoms with Crippen LogP contribution in [0.5, 0.6) is 0 Å². The van der Waals surface area contributed by atoms with E-state index < -0.39 is 17.7 Å². The van der Waals surface area contributed by atoms with Gasteiger partial charge in [-0.25, -0.2) is 0 Å². The van der Waals surface area contributed by atoms with Crippen molar-refractivity contribution in [3.63, 3.8) is 0 Å². The molecule has 1 saturated heterocycles. The largest absolute Gasteiger partial charge is 0.372 e. The second kappa shape index (κ2) is 9.28. The highest BCUT2D eigenvalue weighted by Crippen LogP contribution is 2.24. The van der Waals surface area contributed by atoms with E-state index in [1.54, 1.807) is 12.1 Å². The molecule has 1 N–H and O–H groups in total. The normalized spacial score (nSPS) is 17.0. The average Bonchev–Trinajstić information content (AvgIpc) is 2.71. The number of halogens is 1. The Morgan fingerprint density at radius 1 is 1.10 bits per heavy atom. The molecule has 150 valence electrons. The van der Waals surface area contributed by atoms with Gasteiger partial charge in [-0.05, 0) is 74.6 Å². The number of carbonyl (C=O) groups excluding carboxylic acids is 2. The fourth-order valence-electron chi connectivity index (χ4n) is 3.06. The van der Waals surface area contributed by atoms with Crippen LogP contribution in [0.25, 0.3) is 0 Å². The summed E-state index contributed by atoms with van der Waals surface area (Å²) in [5.74, 6) is -1.95. The summed E-state index contributed by atoms with van der Waals surface area (Å²) in [5.41, 5.74) is 2.36. The van der Waals surface area contributed by atoms with Crippen LogP contribution in [0.15, 0.2) is 58.0 Å². The van der Waals surface area contributed by atoms with Crippen LogP contribution in [0.3, 0.4) is 0 Å². The van der Waals surface area contributed by atoms with E-state index in [4.69, 9.17) is 12.2 Å². The molecule has 0 aromatic heterocycles. The first-order valence-electron chi connectivity index (χ1n) is 9.28. The van der Waals surface area contributed by atoms with E-state index >= 15 is 0 Å². The Labute approximate surface area is 183 Å². The van der Waals surface area contributed by atoms with Crippen molar-refractivity contribution in [2.24, 2.45) is 10.9 Å². The molecule has 1 fully saturated rings. The third-order valence-corrected chi connectivity index (χ3v) is 5.45. The van der Waals surface area contributed by atoms with E-state index in [2.05, 4.69) is 45.0 Å². The number of hydrogen-bond donors (Lipinski definition) is 1. The van der Waals surface area contributed by atoms with Gasteiger partial charge in [-0.3, -0.25) is 19.5 Å². The second-order valence-corrected chi connectivity index (χ2v) is 7.69. The summed E-state index contributed by atoms with van der Waals surface area (Å²) >= 11 is 8.57. The van der Waals surface area contributed by atoms with Crippen molar-refractivity contribution in [1.29, 1.82) is 0 Å². The van der Waals surface area contributed by atoms with Gasteiger partial charge in [0, 0.05) is 29.5 Å². The summed E-state index contributed by atoms with van der Waals surface area (Å²) in [7, 11) is 0. The molecule has 1 atom stereocenters. The molecule has 6 nitrogen and oxygen atoms in total. The van der Waals surface area contributed by atoms with E-state index in [-0.39, 0.29) is 5.11 Å². The van der Waals surface area contributed by atoms with Gasteiger partial charge < -0.3 is 10.2 Å². The SMILES string of the molecule is CCN(CC)c1ccc(N=C[C@@H]2C(=O)NC(=S)N(c3ccc(Br)cc3)C2=O)cc1. The maximum absolute atomic E-state index is 12.9. The first-order chi connectivity index (χ1) is 13.9. The summed E-state index contributed by atoms with van der Waals surface area (Å²) in [5, 5.41) is 2.65. The lowest BCUT2D eigenvalue weighted by Gasteiger charge is -2.30. The lowest BCUT2D eigenvalue weighted by atomic mass is 10.1. The monoisotopic (exact) mass is 472 g/mol. The molecule has 0 bridgehead atoms. The molecule has 3 rings (SSSR count). The zero-order chi connectivity index (χ0) is 21.0. The van der Waals surface area contributed by atoms with E-state index in [0.29, 0.717) is 11.4 Å². The molecule has 8 heteroatoms. The molecule has 2 amide bonds. The first-order valence-corrected chi connectivity index (χ1v) is 10.5. The molecule has 1 aliphatic heterocycles. The maximum atomic E-state index is 12.9. The fraction of sp³-hybridized carbons (Fsp3) is 0.238. The number of nitrogens with zero attached hydrogens (tertiary/aromatic N) is 3. The van der Waals surface area contributed by atoms with Gasteiger partial charge in [-0.15, -0.1) is 0 Å². The minimum atomic E-state index is -1.05. The van der Waals surface area contributed by atoms with Gasteiger partial charge in [-0.1, -0.05) is 15.9 Å². The highest BCUT2D eigenvalue weighted by atomic mass is 79.9. The van der Waals surface area contributed by atoms with Crippen LogP contribution >= 0.6 is 28.1 Å². The zero-order valence-corrected chi connectivity index (χ0v) is 18.5. The molecule has 2 aromatic carbocycles. The molecule has 29 heavy (non-hydrogen) atoms. The van der Waals surface area contributed by atoms with E-state index in [1.807, 2.05) is 36.4 Å². The van der Waals surface area contributed by atoms with Gasteiger partial charge in [0.25, 0.3) is 5.91 Å². The zero-order valence-electron chi connectivity index (χ0n) is 16.1. The van der Waals surface area contributed by atoms with Crippen LogP contribution in [0.4, 0.5) is 17.1 Å². The van der Waals surface area contributed by atoms with E-state index in [1.165, 1.54) is 11.1 Å². The van der Waals surface area contributed by atoms with Gasteiger partial charge in [0.15, 0.2) is 11.0 Å². The maximum Gasteiger partial charge on any atom is 0.251 e. The molecule has 1 heterocycles. The number of carbonyl (C=O) groups is 2. The molecule has 2 aromatic rings. The molecular formula is C21H21BrN4O2S. The van der Waals surface area contributed by atoms with Crippen molar-refractivity contribution in [3.05, 3.63) is 53.0 Å². The van der Waals surface area contributed by atoms with Gasteiger partial charge in [-0.2, -0.15) is 0 Å². The fourth-order valence-corrected chi connectivity index (χ4v) is 3.62. The number of rotatable bonds is 6.